The lowest BCUT2D eigenvalue weighted by molar-refractivity contribution is -0.122. The molecule has 0 aromatic heterocycles. The van der Waals surface area contributed by atoms with Gasteiger partial charge in [-0.05, 0) is 42.8 Å². The molecule has 1 N–H and O–H groups in total. The highest BCUT2D eigenvalue weighted by Crippen LogP contribution is 2.25. The van der Waals surface area contributed by atoms with E-state index >= 15 is 0 Å². The molecule has 21 heavy (non-hydrogen) atoms. The van der Waals surface area contributed by atoms with Gasteiger partial charge in [0.25, 0.3) is 5.91 Å². The Morgan fingerprint density at radius 2 is 1.90 bits per heavy atom. The van der Waals surface area contributed by atoms with Crippen LogP contribution in [0.5, 0.6) is 5.75 Å². The molecule has 0 aliphatic carbocycles. The number of nitrogens with one attached hydrogen (secondary N) is 1. The largest absolute Gasteiger partial charge is 0.479 e. The molecule has 110 valence electrons. The number of amides is 1. The van der Waals surface area contributed by atoms with Crippen LogP contribution in [0, 0.1) is 0 Å². The monoisotopic (exact) mass is 367 g/mol. The lowest BCUT2D eigenvalue weighted by Gasteiger charge is -2.18. The van der Waals surface area contributed by atoms with Gasteiger partial charge in [0.15, 0.2) is 6.10 Å². The lowest BCUT2D eigenvalue weighted by Crippen LogP contribution is -2.32. The van der Waals surface area contributed by atoms with Crippen LogP contribution < -0.4 is 10.1 Å². The third-order valence-electron chi connectivity index (χ3n) is 2.88. The van der Waals surface area contributed by atoms with Crippen LogP contribution >= 0.6 is 27.5 Å². The normalized spacial score (nSPS) is 11.8. The second kappa shape index (κ2) is 7.48. The molecule has 0 bridgehead atoms. The number of hydrogen-bond acceptors (Lipinski definition) is 2. The van der Waals surface area contributed by atoms with Gasteiger partial charge in [-0.2, -0.15) is 0 Å². The van der Waals surface area contributed by atoms with Crippen LogP contribution in [0.3, 0.4) is 0 Å². The van der Waals surface area contributed by atoms with Crippen LogP contribution in [0.15, 0.2) is 53.0 Å². The number of carbonyl (C=O) groups is 1. The maximum Gasteiger partial charge on any atom is 0.265 e. The second-order valence-corrected chi connectivity index (χ2v) is 5.76. The van der Waals surface area contributed by atoms with E-state index in [2.05, 4.69) is 21.2 Å². The summed E-state index contributed by atoms with van der Waals surface area (Å²) in [6.07, 6.45) is -0.0401. The van der Waals surface area contributed by atoms with Gasteiger partial charge in [-0.25, -0.2) is 0 Å². The zero-order valence-electron chi connectivity index (χ0n) is 11.5. The Morgan fingerprint density at radius 1 is 1.24 bits per heavy atom. The van der Waals surface area contributed by atoms with E-state index in [1.807, 2.05) is 43.3 Å². The summed E-state index contributed by atoms with van der Waals surface area (Å²) in [4.78, 5) is 12.3. The Hall–Kier alpha value is -1.52. The minimum atomic E-state index is -0.589. The number of hydrogen-bond donors (Lipinski definition) is 1. The molecule has 0 spiro atoms. The lowest BCUT2D eigenvalue weighted by atomic mass is 10.2. The molecule has 5 heteroatoms. The van der Waals surface area contributed by atoms with Crippen LogP contribution in [0.4, 0.5) is 5.69 Å². The topological polar surface area (TPSA) is 38.3 Å². The van der Waals surface area contributed by atoms with E-state index in [9.17, 15) is 4.79 Å². The third-order valence-corrected chi connectivity index (χ3v) is 3.72. The number of rotatable bonds is 5. The summed E-state index contributed by atoms with van der Waals surface area (Å²) in [6, 6.07) is 14.5. The Balaban J connectivity index is 2.05. The molecule has 0 radical (unpaired) electrons. The Labute approximate surface area is 137 Å². The number of halogens is 2. The van der Waals surface area contributed by atoms with E-state index in [-0.39, 0.29) is 5.91 Å². The molecule has 0 saturated carbocycles. The van der Waals surface area contributed by atoms with Crippen molar-refractivity contribution in [3.63, 3.8) is 0 Å². The summed E-state index contributed by atoms with van der Waals surface area (Å²) in [7, 11) is 0. The molecule has 0 aliphatic rings. The van der Waals surface area contributed by atoms with E-state index in [1.165, 1.54) is 0 Å². The van der Waals surface area contributed by atoms with E-state index in [4.69, 9.17) is 16.3 Å². The maximum atomic E-state index is 12.3. The number of para-hydroxylation sites is 1. The number of ether oxygens (including phenoxy) is 1. The van der Waals surface area contributed by atoms with Gasteiger partial charge in [-0.3, -0.25) is 4.79 Å². The average Bonchev–Trinajstić information content (AvgIpc) is 2.48. The van der Waals surface area contributed by atoms with Gasteiger partial charge < -0.3 is 10.1 Å². The van der Waals surface area contributed by atoms with Crippen LogP contribution in [0.1, 0.15) is 13.3 Å². The standard InChI is InChI=1S/C16H15BrClNO2/c1-2-14(21-15-6-4-3-5-13(15)18)16(20)19-12-9-7-11(17)8-10-12/h3-10,14H,2H2,1H3,(H,19,20)/t14-/m0/s1. The smallest absolute Gasteiger partial charge is 0.265 e. The van der Waals surface area contributed by atoms with Gasteiger partial charge in [0, 0.05) is 10.2 Å². The fraction of sp³-hybridized carbons (Fsp3) is 0.188. The summed E-state index contributed by atoms with van der Waals surface area (Å²) in [5, 5.41) is 3.32. The highest BCUT2D eigenvalue weighted by atomic mass is 79.9. The number of carbonyl (C=O) groups excluding carboxylic acids is 1. The molecule has 2 aromatic carbocycles. The summed E-state index contributed by atoms with van der Waals surface area (Å²) >= 11 is 9.40. The van der Waals surface area contributed by atoms with Crippen molar-refractivity contribution < 1.29 is 9.53 Å². The summed E-state index contributed by atoms with van der Waals surface area (Å²) in [6.45, 7) is 1.89. The fourth-order valence-electron chi connectivity index (χ4n) is 1.77. The molecule has 1 atom stereocenters. The molecule has 3 nitrogen and oxygen atoms in total. The van der Waals surface area contributed by atoms with Crippen molar-refractivity contribution >= 4 is 39.1 Å². The number of benzene rings is 2. The molecular weight excluding hydrogens is 354 g/mol. The number of anilines is 1. The Kier molecular flexibility index (Phi) is 5.65. The molecule has 0 saturated heterocycles. The first-order valence-corrected chi connectivity index (χ1v) is 7.75. The first-order chi connectivity index (χ1) is 10.1. The van der Waals surface area contributed by atoms with Gasteiger partial charge in [0.05, 0.1) is 5.02 Å². The van der Waals surface area contributed by atoms with E-state index < -0.39 is 6.10 Å². The van der Waals surface area contributed by atoms with Crippen LogP contribution in [-0.4, -0.2) is 12.0 Å². The third kappa shape index (κ3) is 4.48. The van der Waals surface area contributed by atoms with E-state index in [1.54, 1.807) is 12.1 Å². The van der Waals surface area contributed by atoms with Crippen LogP contribution in [0.25, 0.3) is 0 Å². The van der Waals surface area contributed by atoms with Crippen molar-refractivity contribution in [2.24, 2.45) is 0 Å². The van der Waals surface area contributed by atoms with Crippen molar-refractivity contribution in [3.8, 4) is 5.75 Å². The summed E-state index contributed by atoms with van der Waals surface area (Å²) in [5.41, 5.74) is 0.726. The summed E-state index contributed by atoms with van der Waals surface area (Å²) in [5.74, 6) is 0.316. The van der Waals surface area contributed by atoms with Gasteiger partial charge in [0.1, 0.15) is 5.75 Å². The van der Waals surface area contributed by atoms with E-state index in [0.29, 0.717) is 17.2 Å². The van der Waals surface area contributed by atoms with E-state index in [0.717, 1.165) is 10.2 Å². The molecule has 1 amide bonds. The van der Waals surface area contributed by atoms with Gasteiger partial charge in [-0.1, -0.05) is 46.6 Å². The van der Waals surface area contributed by atoms with Crippen LogP contribution in [-0.2, 0) is 4.79 Å². The minimum Gasteiger partial charge on any atom is -0.479 e. The first kappa shape index (κ1) is 15.9. The van der Waals surface area contributed by atoms with Crippen molar-refractivity contribution in [2.45, 2.75) is 19.4 Å². The molecule has 0 unspecified atom stereocenters. The predicted molar refractivity (Wildman–Crippen MR) is 88.9 cm³/mol. The average molecular weight is 369 g/mol. The van der Waals surface area contributed by atoms with Gasteiger partial charge in [-0.15, -0.1) is 0 Å². The SMILES string of the molecule is CC[C@H](Oc1ccccc1Cl)C(=O)Nc1ccc(Br)cc1. The zero-order valence-corrected chi connectivity index (χ0v) is 13.8. The van der Waals surface area contributed by atoms with Crippen molar-refractivity contribution in [3.05, 3.63) is 58.0 Å². The quantitative estimate of drug-likeness (QED) is 0.815. The van der Waals surface area contributed by atoms with Crippen molar-refractivity contribution in [1.29, 1.82) is 0 Å². The van der Waals surface area contributed by atoms with Crippen molar-refractivity contribution in [1.82, 2.24) is 0 Å². The molecule has 0 fully saturated rings. The second-order valence-electron chi connectivity index (χ2n) is 4.44. The Bertz CT molecular complexity index is 616. The fourth-order valence-corrected chi connectivity index (χ4v) is 2.22. The molecule has 2 aromatic rings. The van der Waals surface area contributed by atoms with Gasteiger partial charge >= 0.3 is 0 Å². The summed E-state index contributed by atoms with van der Waals surface area (Å²) < 4.78 is 6.66. The van der Waals surface area contributed by atoms with Crippen LogP contribution in [0.2, 0.25) is 5.02 Å². The minimum absolute atomic E-state index is 0.195. The highest BCUT2D eigenvalue weighted by molar-refractivity contribution is 9.10. The van der Waals surface area contributed by atoms with Crippen molar-refractivity contribution in [2.75, 3.05) is 5.32 Å². The van der Waals surface area contributed by atoms with Gasteiger partial charge in [0.2, 0.25) is 0 Å². The maximum absolute atomic E-state index is 12.3. The molecule has 0 aliphatic heterocycles. The zero-order chi connectivity index (χ0) is 15.2. The molecule has 2 rings (SSSR count). The molecule has 0 heterocycles. The molecular formula is C16H15BrClNO2. The first-order valence-electron chi connectivity index (χ1n) is 6.57. The Morgan fingerprint density at radius 3 is 2.52 bits per heavy atom. The highest BCUT2D eigenvalue weighted by Gasteiger charge is 2.19. The predicted octanol–water partition coefficient (Wildman–Crippen LogP) is 4.90.